The number of para-hydroxylation sites is 1. The Bertz CT molecular complexity index is 954. The summed E-state index contributed by atoms with van der Waals surface area (Å²) in [6.45, 7) is 1.36. The summed E-state index contributed by atoms with van der Waals surface area (Å²) in [5.74, 6) is 0.146. The van der Waals surface area contributed by atoms with E-state index in [0.29, 0.717) is 35.1 Å². The first-order chi connectivity index (χ1) is 12.0. The summed E-state index contributed by atoms with van der Waals surface area (Å²) >= 11 is 0. The van der Waals surface area contributed by atoms with Crippen LogP contribution in [0.1, 0.15) is 24.5 Å². The Kier molecular flexibility index (Phi) is 4.84. The summed E-state index contributed by atoms with van der Waals surface area (Å²) in [4.78, 5) is 23.0. The van der Waals surface area contributed by atoms with Gasteiger partial charge in [0.25, 0.3) is 0 Å². The van der Waals surface area contributed by atoms with Gasteiger partial charge in [-0.15, -0.1) is 0 Å². The number of hydrogen-bond acceptors (Lipinski definition) is 5. The summed E-state index contributed by atoms with van der Waals surface area (Å²) < 4.78 is 10.3. The largest absolute Gasteiger partial charge is 0.507 e. The minimum absolute atomic E-state index is 0.00273. The SMILES string of the molecule is CC(=O)Oc1ccc(CCCc2c(O)c3ccccc3oc2=O)cc1. The van der Waals surface area contributed by atoms with Gasteiger partial charge in [0.1, 0.15) is 17.1 Å². The van der Waals surface area contributed by atoms with E-state index in [-0.39, 0.29) is 11.7 Å². The molecule has 2 aromatic carbocycles. The van der Waals surface area contributed by atoms with Gasteiger partial charge in [0.2, 0.25) is 0 Å². The number of hydrogen-bond donors (Lipinski definition) is 1. The third-order valence-corrected chi connectivity index (χ3v) is 3.95. The van der Waals surface area contributed by atoms with E-state index in [1.54, 1.807) is 36.4 Å². The van der Waals surface area contributed by atoms with Gasteiger partial charge in [-0.3, -0.25) is 4.79 Å². The molecular formula is C20H18O5. The molecule has 0 aliphatic rings. The first-order valence-electron chi connectivity index (χ1n) is 8.05. The zero-order chi connectivity index (χ0) is 17.8. The topological polar surface area (TPSA) is 76.7 Å². The molecule has 0 saturated carbocycles. The molecule has 25 heavy (non-hydrogen) atoms. The molecule has 0 saturated heterocycles. The quantitative estimate of drug-likeness (QED) is 0.437. The van der Waals surface area contributed by atoms with Crippen LogP contribution in [0.25, 0.3) is 11.0 Å². The fourth-order valence-electron chi connectivity index (χ4n) is 2.75. The normalized spacial score (nSPS) is 10.8. The van der Waals surface area contributed by atoms with Crippen LogP contribution in [0, 0.1) is 0 Å². The van der Waals surface area contributed by atoms with Crippen LogP contribution in [0.15, 0.2) is 57.7 Å². The fraction of sp³-hybridized carbons (Fsp3) is 0.200. The molecule has 1 aromatic heterocycles. The van der Waals surface area contributed by atoms with E-state index in [2.05, 4.69) is 0 Å². The first-order valence-corrected chi connectivity index (χ1v) is 8.05. The number of rotatable bonds is 5. The third-order valence-electron chi connectivity index (χ3n) is 3.95. The molecule has 0 fully saturated rings. The molecule has 0 atom stereocenters. The molecule has 0 bridgehead atoms. The fourth-order valence-corrected chi connectivity index (χ4v) is 2.75. The van der Waals surface area contributed by atoms with Crippen molar-refractivity contribution in [3.8, 4) is 11.5 Å². The highest BCUT2D eigenvalue weighted by Crippen LogP contribution is 2.27. The van der Waals surface area contributed by atoms with Gasteiger partial charge < -0.3 is 14.3 Å². The second-order valence-corrected chi connectivity index (χ2v) is 5.80. The summed E-state index contributed by atoms with van der Waals surface area (Å²) in [5, 5.41) is 10.9. The summed E-state index contributed by atoms with van der Waals surface area (Å²) in [5.41, 5.74) is 1.24. The Morgan fingerprint density at radius 3 is 2.52 bits per heavy atom. The molecule has 0 aliphatic carbocycles. The lowest BCUT2D eigenvalue weighted by atomic mass is 10.0. The maximum Gasteiger partial charge on any atom is 0.343 e. The maximum atomic E-state index is 12.1. The number of fused-ring (bicyclic) bond motifs is 1. The van der Waals surface area contributed by atoms with Gasteiger partial charge >= 0.3 is 11.6 Å². The van der Waals surface area contributed by atoms with Crippen LogP contribution in [0.3, 0.4) is 0 Å². The molecular weight excluding hydrogens is 320 g/mol. The van der Waals surface area contributed by atoms with E-state index in [4.69, 9.17) is 9.15 Å². The van der Waals surface area contributed by atoms with Gasteiger partial charge in [-0.25, -0.2) is 4.79 Å². The summed E-state index contributed by atoms with van der Waals surface area (Å²) in [6, 6.07) is 14.1. The Balaban J connectivity index is 1.69. The molecule has 3 rings (SSSR count). The van der Waals surface area contributed by atoms with Crippen molar-refractivity contribution in [1.82, 2.24) is 0 Å². The van der Waals surface area contributed by atoms with E-state index in [0.717, 1.165) is 12.0 Å². The first kappa shape index (κ1) is 16.8. The van der Waals surface area contributed by atoms with Crippen molar-refractivity contribution >= 4 is 16.9 Å². The Morgan fingerprint density at radius 1 is 1.08 bits per heavy atom. The van der Waals surface area contributed by atoms with Gasteiger partial charge in [0.15, 0.2) is 0 Å². The van der Waals surface area contributed by atoms with E-state index in [1.165, 1.54) is 6.92 Å². The smallest absolute Gasteiger partial charge is 0.343 e. The molecule has 5 nitrogen and oxygen atoms in total. The Hall–Kier alpha value is -3.08. The van der Waals surface area contributed by atoms with Crippen LogP contribution in [0.4, 0.5) is 0 Å². The van der Waals surface area contributed by atoms with Gasteiger partial charge in [-0.2, -0.15) is 0 Å². The van der Waals surface area contributed by atoms with E-state index >= 15 is 0 Å². The molecule has 0 aliphatic heterocycles. The average Bonchev–Trinajstić information content (AvgIpc) is 2.59. The van der Waals surface area contributed by atoms with Crippen LogP contribution in [0.2, 0.25) is 0 Å². The van der Waals surface area contributed by atoms with Crippen LogP contribution in [-0.4, -0.2) is 11.1 Å². The van der Waals surface area contributed by atoms with Crippen molar-refractivity contribution < 1.29 is 19.1 Å². The van der Waals surface area contributed by atoms with Gasteiger partial charge in [-0.1, -0.05) is 24.3 Å². The molecule has 5 heteroatoms. The number of aryl methyl sites for hydroxylation is 1. The number of carbonyl (C=O) groups excluding carboxylic acids is 1. The molecule has 128 valence electrons. The highest BCUT2D eigenvalue weighted by Gasteiger charge is 2.13. The summed E-state index contributed by atoms with van der Waals surface area (Å²) in [6.07, 6.45) is 1.83. The van der Waals surface area contributed by atoms with Gasteiger partial charge in [0.05, 0.1) is 10.9 Å². The van der Waals surface area contributed by atoms with E-state index in [9.17, 15) is 14.7 Å². The zero-order valence-corrected chi connectivity index (χ0v) is 13.8. The number of aromatic hydroxyl groups is 1. The lowest BCUT2D eigenvalue weighted by Crippen LogP contribution is -2.08. The van der Waals surface area contributed by atoms with Crippen molar-refractivity contribution in [2.24, 2.45) is 0 Å². The minimum atomic E-state index is -0.499. The monoisotopic (exact) mass is 338 g/mol. The van der Waals surface area contributed by atoms with Gasteiger partial charge in [-0.05, 0) is 49.1 Å². The number of carbonyl (C=O) groups is 1. The molecule has 0 spiro atoms. The van der Waals surface area contributed by atoms with Crippen LogP contribution >= 0.6 is 0 Å². The molecule has 3 aromatic rings. The van der Waals surface area contributed by atoms with Crippen LogP contribution < -0.4 is 10.4 Å². The number of benzene rings is 2. The van der Waals surface area contributed by atoms with Crippen molar-refractivity contribution in [2.45, 2.75) is 26.2 Å². The van der Waals surface area contributed by atoms with Crippen molar-refractivity contribution in [2.75, 3.05) is 0 Å². The second kappa shape index (κ2) is 7.21. The Labute approximate surface area is 144 Å². The van der Waals surface area contributed by atoms with Crippen LogP contribution in [-0.2, 0) is 17.6 Å². The zero-order valence-electron chi connectivity index (χ0n) is 13.8. The van der Waals surface area contributed by atoms with Crippen LogP contribution in [0.5, 0.6) is 11.5 Å². The highest BCUT2D eigenvalue weighted by atomic mass is 16.5. The predicted octanol–water partition coefficient (Wildman–Crippen LogP) is 3.60. The minimum Gasteiger partial charge on any atom is -0.507 e. The molecule has 0 radical (unpaired) electrons. The number of esters is 1. The molecule has 0 unspecified atom stereocenters. The third kappa shape index (κ3) is 3.88. The van der Waals surface area contributed by atoms with E-state index < -0.39 is 5.63 Å². The predicted molar refractivity (Wildman–Crippen MR) is 93.9 cm³/mol. The molecule has 0 amide bonds. The van der Waals surface area contributed by atoms with Crippen molar-refractivity contribution in [3.05, 3.63) is 70.1 Å². The van der Waals surface area contributed by atoms with Crippen molar-refractivity contribution in [3.63, 3.8) is 0 Å². The average molecular weight is 338 g/mol. The van der Waals surface area contributed by atoms with Gasteiger partial charge in [0, 0.05) is 6.92 Å². The lowest BCUT2D eigenvalue weighted by molar-refractivity contribution is -0.131. The summed E-state index contributed by atoms with van der Waals surface area (Å²) in [7, 11) is 0. The maximum absolute atomic E-state index is 12.1. The lowest BCUT2D eigenvalue weighted by Gasteiger charge is -2.07. The second-order valence-electron chi connectivity index (χ2n) is 5.80. The molecule has 1 N–H and O–H groups in total. The standard InChI is InChI=1S/C20H18O5/c1-13(21)24-15-11-9-14(10-12-15)5-4-7-17-19(22)16-6-2-3-8-18(16)25-20(17)23/h2-3,6,8-12,22H,4-5,7H2,1H3. The van der Waals surface area contributed by atoms with E-state index in [1.807, 2.05) is 12.1 Å². The number of ether oxygens (including phenoxy) is 1. The highest BCUT2D eigenvalue weighted by molar-refractivity contribution is 5.83. The molecule has 1 heterocycles. The van der Waals surface area contributed by atoms with Crippen molar-refractivity contribution in [1.29, 1.82) is 0 Å². The Morgan fingerprint density at radius 2 is 1.80 bits per heavy atom.